The third kappa shape index (κ3) is 14.9. The fraction of sp³-hybridized carbons (Fsp3) is 0.318. The largest absolute Gasteiger partial charge is 0.508 e. The highest BCUT2D eigenvalue weighted by molar-refractivity contribution is 5.76. The van der Waals surface area contributed by atoms with E-state index in [-0.39, 0.29) is 36.3 Å². The van der Waals surface area contributed by atoms with Gasteiger partial charge in [0.2, 0.25) is 0 Å². The van der Waals surface area contributed by atoms with E-state index in [4.69, 9.17) is 39.1 Å². The number of aromatic hydroxyl groups is 1. The molecular weight excluding hydrogens is 438 g/mol. The van der Waals surface area contributed by atoms with E-state index in [1.54, 1.807) is 25.3 Å². The van der Waals surface area contributed by atoms with Gasteiger partial charge in [0, 0.05) is 13.7 Å². The van der Waals surface area contributed by atoms with E-state index in [9.17, 15) is 10.2 Å². The third-order valence-electron chi connectivity index (χ3n) is 3.94. The number of ether oxygens (including phenoxy) is 1. The number of aliphatic imine (C=N–C) groups is 3. The predicted octanol–water partition coefficient (Wildman–Crippen LogP) is -0.374. The average Bonchev–Trinajstić information content (AvgIpc) is 2.79. The number of hydrogen-bond donors (Lipinski definition) is 8. The van der Waals surface area contributed by atoms with Crippen molar-refractivity contribution in [2.24, 2.45) is 49.4 Å². The van der Waals surface area contributed by atoms with Crippen molar-refractivity contribution in [2.45, 2.75) is 19.1 Å². The number of hydrogen-bond acceptors (Lipinski definition) is 6. The molecule has 0 unspecified atom stereocenters. The van der Waals surface area contributed by atoms with Crippen LogP contribution in [-0.4, -0.2) is 54.8 Å². The highest BCUT2D eigenvalue weighted by Crippen LogP contribution is 2.20. The van der Waals surface area contributed by atoms with Gasteiger partial charge in [-0.2, -0.15) is 0 Å². The molecule has 0 bridgehead atoms. The first kappa shape index (κ1) is 30.0. The number of rotatable bonds is 8. The Morgan fingerprint density at radius 2 is 1.32 bits per heavy atom. The maximum absolute atomic E-state index is 9.55. The number of phenolic OH excluding ortho intramolecular Hbond substituents is 1. The van der Waals surface area contributed by atoms with Gasteiger partial charge in [-0.15, -0.1) is 0 Å². The number of guanidine groups is 3. The van der Waals surface area contributed by atoms with Crippen molar-refractivity contribution in [1.82, 2.24) is 0 Å². The molecule has 34 heavy (non-hydrogen) atoms. The Balaban J connectivity index is 0.000000524. The van der Waals surface area contributed by atoms with Crippen LogP contribution in [0.1, 0.15) is 30.3 Å². The van der Waals surface area contributed by atoms with Gasteiger partial charge in [0.05, 0.1) is 19.2 Å². The molecule has 0 aliphatic rings. The minimum absolute atomic E-state index is 0.00465. The second-order valence-corrected chi connectivity index (χ2v) is 6.68. The van der Waals surface area contributed by atoms with E-state index >= 15 is 0 Å². The normalized spacial score (nSPS) is 11.3. The minimum Gasteiger partial charge on any atom is -0.508 e. The Bertz CT molecular complexity index is 894. The van der Waals surface area contributed by atoms with Crippen LogP contribution in [0.5, 0.6) is 5.75 Å². The molecule has 0 saturated carbocycles. The van der Waals surface area contributed by atoms with Gasteiger partial charge in [-0.25, -0.2) is 0 Å². The Labute approximate surface area is 200 Å². The van der Waals surface area contributed by atoms with E-state index in [0.717, 1.165) is 11.1 Å². The first-order valence-electron chi connectivity index (χ1n) is 10.3. The summed E-state index contributed by atoms with van der Waals surface area (Å²) in [6.07, 6.45) is -0.887. The summed E-state index contributed by atoms with van der Waals surface area (Å²) in [6.45, 7) is 3.08. The summed E-state index contributed by atoms with van der Waals surface area (Å²) in [5.41, 5.74) is 32.2. The Morgan fingerprint density at radius 1 is 0.794 bits per heavy atom. The number of phenols is 1. The fourth-order valence-electron chi connectivity index (χ4n) is 2.38. The molecule has 0 aliphatic heterocycles. The summed E-state index contributed by atoms with van der Waals surface area (Å²) in [6, 6.07) is 16.0. The summed E-state index contributed by atoms with van der Waals surface area (Å²) >= 11 is 0. The van der Waals surface area contributed by atoms with Gasteiger partial charge >= 0.3 is 0 Å². The zero-order valence-corrected chi connectivity index (χ0v) is 19.6. The Kier molecular flexibility index (Phi) is 15.4. The quantitative estimate of drug-likeness (QED) is 0.183. The van der Waals surface area contributed by atoms with Crippen molar-refractivity contribution < 1.29 is 14.9 Å². The van der Waals surface area contributed by atoms with Crippen LogP contribution >= 0.6 is 0 Å². The van der Waals surface area contributed by atoms with E-state index in [2.05, 4.69) is 15.0 Å². The molecule has 2 rings (SSSR count). The van der Waals surface area contributed by atoms with Gasteiger partial charge in [-0.3, -0.25) is 15.0 Å². The fourth-order valence-corrected chi connectivity index (χ4v) is 2.38. The molecule has 0 spiro atoms. The van der Waals surface area contributed by atoms with Crippen molar-refractivity contribution in [1.29, 1.82) is 0 Å². The van der Waals surface area contributed by atoms with Crippen LogP contribution < -0.4 is 34.4 Å². The molecule has 0 radical (unpaired) electrons. The average molecular weight is 476 g/mol. The maximum atomic E-state index is 9.55. The van der Waals surface area contributed by atoms with Crippen molar-refractivity contribution in [3.8, 4) is 5.75 Å². The molecular formula is C22H37N9O3. The number of nitrogens with zero attached hydrogens (tertiary/aromatic N) is 3. The summed E-state index contributed by atoms with van der Waals surface area (Å²) in [4.78, 5) is 11.2. The van der Waals surface area contributed by atoms with Gasteiger partial charge < -0.3 is 49.4 Å². The molecule has 2 aromatic carbocycles. The van der Waals surface area contributed by atoms with Crippen LogP contribution in [0.2, 0.25) is 0 Å². The first-order valence-corrected chi connectivity index (χ1v) is 10.3. The number of aliphatic hydroxyl groups is 1. The lowest BCUT2D eigenvalue weighted by Crippen LogP contribution is -2.24. The summed E-state index contributed by atoms with van der Waals surface area (Å²) in [7, 11) is 1.57. The van der Waals surface area contributed by atoms with Crippen LogP contribution in [0.4, 0.5) is 0 Å². The Morgan fingerprint density at radius 3 is 1.76 bits per heavy atom. The van der Waals surface area contributed by atoms with Crippen LogP contribution in [0.15, 0.2) is 69.6 Å². The van der Waals surface area contributed by atoms with Crippen molar-refractivity contribution in [3.63, 3.8) is 0 Å². The molecule has 2 atom stereocenters. The molecule has 0 aliphatic carbocycles. The van der Waals surface area contributed by atoms with Crippen molar-refractivity contribution in [2.75, 3.05) is 26.7 Å². The molecule has 0 saturated heterocycles. The van der Waals surface area contributed by atoms with Crippen molar-refractivity contribution >= 4 is 17.9 Å². The van der Waals surface area contributed by atoms with Gasteiger partial charge in [0.15, 0.2) is 17.9 Å². The molecule has 0 fully saturated rings. The van der Waals surface area contributed by atoms with Crippen LogP contribution in [0.3, 0.4) is 0 Å². The lowest BCUT2D eigenvalue weighted by Gasteiger charge is -2.13. The molecule has 0 amide bonds. The number of nitrogens with two attached hydrogens (primary N) is 6. The highest BCUT2D eigenvalue weighted by Gasteiger charge is 2.10. The Hall–Kier alpha value is -4.03. The molecule has 12 nitrogen and oxygen atoms in total. The van der Waals surface area contributed by atoms with Gasteiger partial charge in [0.25, 0.3) is 0 Å². The second kappa shape index (κ2) is 17.5. The van der Waals surface area contributed by atoms with E-state index in [1.165, 1.54) is 0 Å². The molecule has 188 valence electrons. The molecule has 14 N–H and O–H groups in total. The highest BCUT2D eigenvalue weighted by atomic mass is 16.5. The number of methoxy groups -OCH3 is 1. The topological polar surface area (TPSA) is 243 Å². The van der Waals surface area contributed by atoms with Crippen molar-refractivity contribution in [3.05, 3.63) is 65.7 Å². The van der Waals surface area contributed by atoms with E-state index < -0.39 is 6.10 Å². The number of aliphatic hydroxyl groups excluding tert-OH is 1. The lowest BCUT2D eigenvalue weighted by atomic mass is 10.1. The SMILES string of the molecule is CCN=C(N)N.CO[C@@H](CN=C(N)N)c1cccc(O)c1.NC(N)=NC[C@H](O)c1ccccc1. The molecule has 12 heteroatoms. The zero-order valence-electron chi connectivity index (χ0n) is 19.6. The van der Waals surface area contributed by atoms with Crippen LogP contribution in [0.25, 0.3) is 0 Å². The minimum atomic E-state index is -0.636. The van der Waals surface area contributed by atoms with Gasteiger partial charge in [-0.05, 0) is 30.2 Å². The second-order valence-electron chi connectivity index (χ2n) is 6.68. The van der Waals surface area contributed by atoms with E-state index in [1.807, 2.05) is 43.3 Å². The monoisotopic (exact) mass is 475 g/mol. The summed E-state index contributed by atoms with van der Waals surface area (Å²) < 4.78 is 5.21. The molecule has 2 aromatic rings. The maximum Gasteiger partial charge on any atom is 0.186 e. The smallest absolute Gasteiger partial charge is 0.186 e. The first-order chi connectivity index (χ1) is 16.1. The zero-order chi connectivity index (χ0) is 25.9. The molecule has 0 aromatic heterocycles. The number of benzene rings is 2. The molecule has 0 heterocycles. The third-order valence-corrected chi connectivity index (χ3v) is 3.94. The van der Waals surface area contributed by atoms with Crippen LogP contribution in [-0.2, 0) is 4.74 Å². The lowest BCUT2D eigenvalue weighted by molar-refractivity contribution is 0.111. The summed E-state index contributed by atoms with van der Waals surface area (Å²) in [5, 5.41) is 18.8. The predicted molar refractivity (Wildman–Crippen MR) is 137 cm³/mol. The van der Waals surface area contributed by atoms with Gasteiger partial charge in [-0.1, -0.05) is 42.5 Å². The van der Waals surface area contributed by atoms with E-state index in [0.29, 0.717) is 13.1 Å². The summed E-state index contributed by atoms with van der Waals surface area (Å²) in [5.74, 6) is 0.379. The standard InChI is InChI=1S/C10H15N3O2.C9H13N3O.C3H9N3/c1-15-9(6-13-10(11)12)7-3-2-4-8(14)5-7;10-9(11)12-6-8(13)7-4-2-1-3-5-7;1-2-6-3(4)5/h2-5,9,14H,6H2,1H3,(H4,11,12,13);1-5,8,13H,6H2,(H4,10,11,12);2H2,1H3,(H4,4,5,6)/t9-;8-;/m00./s1. The van der Waals surface area contributed by atoms with Crippen LogP contribution in [0, 0.1) is 0 Å². The van der Waals surface area contributed by atoms with Gasteiger partial charge in [0.1, 0.15) is 11.9 Å².